The Labute approximate surface area is 174 Å². The summed E-state index contributed by atoms with van der Waals surface area (Å²) in [5.74, 6) is 2.24. The number of hydrogen-bond donors (Lipinski definition) is 1. The summed E-state index contributed by atoms with van der Waals surface area (Å²) in [7, 11) is 1.65. The molecule has 0 aliphatic carbocycles. The Kier molecular flexibility index (Phi) is 4.38. The van der Waals surface area contributed by atoms with Gasteiger partial charge in [0.1, 0.15) is 11.4 Å². The van der Waals surface area contributed by atoms with Crippen molar-refractivity contribution in [2.75, 3.05) is 13.9 Å². The van der Waals surface area contributed by atoms with E-state index in [1.54, 1.807) is 11.8 Å². The molecule has 7 heteroatoms. The van der Waals surface area contributed by atoms with Gasteiger partial charge < -0.3 is 19.5 Å². The van der Waals surface area contributed by atoms with E-state index in [1.165, 1.54) is 0 Å². The molecule has 3 heterocycles. The second-order valence-corrected chi connectivity index (χ2v) is 7.79. The fourth-order valence-electron chi connectivity index (χ4n) is 4.17. The fraction of sp³-hybridized carbons (Fsp3) is 0.304. The normalized spacial score (nSPS) is 16.7. The highest BCUT2D eigenvalue weighted by molar-refractivity contribution is 5.98. The molecule has 0 bridgehead atoms. The van der Waals surface area contributed by atoms with E-state index in [4.69, 9.17) is 19.3 Å². The van der Waals surface area contributed by atoms with E-state index in [-0.39, 0.29) is 24.7 Å². The summed E-state index contributed by atoms with van der Waals surface area (Å²) in [6, 6.07) is 13.3. The summed E-state index contributed by atoms with van der Waals surface area (Å²) in [5, 5.41) is 7.97. The first-order valence-corrected chi connectivity index (χ1v) is 9.99. The van der Waals surface area contributed by atoms with Gasteiger partial charge in [0.25, 0.3) is 5.91 Å². The molecule has 7 nitrogen and oxygen atoms in total. The number of para-hydroxylation sites is 1. The van der Waals surface area contributed by atoms with Crippen LogP contribution in [0.1, 0.15) is 58.7 Å². The number of hydrogen-bond acceptors (Lipinski definition) is 5. The van der Waals surface area contributed by atoms with E-state index in [0.29, 0.717) is 18.0 Å². The molecule has 154 valence electrons. The third kappa shape index (κ3) is 2.89. The first-order valence-electron chi connectivity index (χ1n) is 9.99. The highest BCUT2D eigenvalue weighted by Gasteiger charge is 2.38. The van der Waals surface area contributed by atoms with E-state index in [0.717, 1.165) is 33.9 Å². The van der Waals surface area contributed by atoms with Gasteiger partial charge in [-0.15, -0.1) is 0 Å². The summed E-state index contributed by atoms with van der Waals surface area (Å²) in [6.07, 6.45) is 0. The molecular weight excluding hydrogens is 382 g/mol. The predicted octanol–water partition coefficient (Wildman–Crippen LogP) is 3.62. The van der Waals surface area contributed by atoms with Crippen LogP contribution in [-0.2, 0) is 6.54 Å². The van der Waals surface area contributed by atoms with Crippen LogP contribution in [0.15, 0.2) is 42.5 Å². The van der Waals surface area contributed by atoms with Crippen molar-refractivity contribution < 1.29 is 19.0 Å². The van der Waals surface area contributed by atoms with Crippen molar-refractivity contribution in [2.24, 2.45) is 0 Å². The fourth-order valence-corrected chi connectivity index (χ4v) is 4.17. The van der Waals surface area contributed by atoms with Crippen LogP contribution < -0.4 is 19.5 Å². The maximum absolute atomic E-state index is 13.0. The largest absolute Gasteiger partial charge is 0.496 e. The highest BCUT2D eigenvalue weighted by Crippen LogP contribution is 2.41. The average molecular weight is 405 g/mol. The van der Waals surface area contributed by atoms with Crippen molar-refractivity contribution in [3.8, 4) is 17.2 Å². The summed E-state index contributed by atoms with van der Waals surface area (Å²) >= 11 is 0. The zero-order chi connectivity index (χ0) is 20.8. The maximum atomic E-state index is 13.0. The Hall–Kier alpha value is -3.48. The summed E-state index contributed by atoms with van der Waals surface area (Å²) in [5.41, 5.74) is 4.38. The second-order valence-electron chi connectivity index (χ2n) is 7.79. The Balaban J connectivity index is 1.59. The van der Waals surface area contributed by atoms with Crippen LogP contribution in [0.2, 0.25) is 0 Å². The van der Waals surface area contributed by atoms with E-state index in [1.807, 2.05) is 42.5 Å². The zero-order valence-corrected chi connectivity index (χ0v) is 17.1. The van der Waals surface area contributed by atoms with E-state index in [2.05, 4.69) is 19.2 Å². The SMILES string of the molecule is COc1ccccc1Cn1nc(C(C)C)c2c1C(=O)NC2c1ccc2c(c1)OCO2. The third-order valence-corrected chi connectivity index (χ3v) is 5.59. The van der Waals surface area contributed by atoms with Crippen LogP contribution in [0.3, 0.4) is 0 Å². The number of amides is 1. The van der Waals surface area contributed by atoms with Crippen LogP contribution in [0.25, 0.3) is 0 Å². The number of nitrogens with one attached hydrogen (secondary N) is 1. The number of carbonyl (C=O) groups is 1. The van der Waals surface area contributed by atoms with Crippen LogP contribution in [-0.4, -0.2) is 29.6 Å². The minimum absolute atomic E-state index is 0.123. The van der Waals surface area contributed by atoms with Gasteiger partial charge in [-0.1, -0.05) is 38.1 Å². The van der Waals surface area contributed by atoms with Gasteiger partial charge in [-0.2, -0.15) is 5.10 Å². The molecule has 1 N–H and O–H groups in total. The molecule has 2 aromatic carbocycles. The molecule has 2 aliphatic heterocycles. The predicted molar refractivity (Wildman–Crippen MR) is 110 cm³/mol. The number of benzene rings is 2. The lowest BCUT2D eigenvalue weighted by Crippen LogP contribution is -2.23. The molecule has 30 heavy (non-hydrogen) atoms. The molecule has 1 unspecified atom stereocenters. The standard InChI is InChI=1S/C23H23N3O4/c1-13(2)20-19-21(14-8-9-17-18(10-14)30-12-29-17)24-23(27)22(19)26(25-20)11-15-6-4-5-7-16(15)28-3/h4-10,13,21H,11-12H2,1-3H3,(H,24,27). The van der Waals surface area contributed by atoms with Crippen molar-refractivity contribution in [1.82, 2.24) is 15.1 Å². The minimum Gasteiger partial charge on any atom is -0.496 e. The molecule has 3 aromatic rings. The van der Waals surface area contributed by atoms with Gasteiger partial charge >= 0.3 is 0 Å². The Morgan fingerprint density at radius 2 is 2.00 bits per heavy atom. The Bertz CT molecular complexity index is 1140. The Morgan fingerprint density at radius 3 is 2.80 bits per heavy atom. The smallest absolute Gasteiger partial charge is 0.270 e. The van der Waals surface area contributed by atoms with E-state index < -0.39 is 0 Å². The number of ether oxygens (including phenoxy) is 3. The summed E-state index contributed by atoms with van der Waals surface area (Å²) in [6.45, 7) is 4.86. The molecule has 0 saturated carbocycles. The Morgan fingerprint density at radius 1 is 1.20 bits per heavy atom. The van der Waals surface area contributed by atoms with Crippen LogP contribution >= 0.6 is 0 Å². The lowest BCUT2D eigenvalue weighted by atomic mass is 9.95. The highest BCUT2D eigenvalue weighted by atomic mass is 16.7. The lowest BCUT2D eigenvalue weighted by Gasteiger charge is -2.15. The molecule has 1 atom stereocenters. The molecule has 5 rings (SSSR count). The first kappa shape index (κ1) is 18.5. The third-order valence-electron chi connectivity index (χ3n) is 5.59. The quantitative estimate of drug-likeness (QED) is 0.702. The minimum atomic E-state index is -0.272. The van der Waals surface area contributed by atoms with E-state index >= 15 is 0 Å². The summed E-state index contributed by atoms with van der Waals surface area (Å²) in [4.78, 5) is 13.0. The van der Waals surface area contributed by atoms with Crippen molar-refractivity contribution in [2.45, 2.75) is 32.4 Å². The number of methoxy groups -OCH3 is 1. The number of fused-ring (bicyclic) bond motifs is 2. The lowest BCUT2D eigenvalue weighted by molar-refractivity contribution is 0.0950. The number of rotatable bonds is 5. The molecule has 1 aromatic heterocycles. The molecule has 1 amide bonds. The van der Waals surface area contributed by atoms with Crippen molar-refractivity contribution in [3.05, 3.63) is 70.5 Å². The van der Waals surface area contributed by atoms with Gasteiger partial charge in [-0.3, -0.25) is 9.48 Å². The molecule has 0 saturated heterocycles. The molecule has 0 spiro atoms. The zero-order valence-electron chi connectivity index (χ0n) is 17.1. The topological polar surface area (TPSA) is 74.6 Å². The first-order chi connectivity index (χ1) is 14.6. The summed E-state index contributed by atoms with van der Waals surface area (Å²) < 4.78 is 18.2. The molecule has 2 aliphatic rings. The molecular formula is C23H23N3O4. The van der Waals surface area contributed by atoms with E-state index in [9.17, 15) is 4.79 Å². The van der Waals surface area contributed by atoms with Gasteiger partial charge in [0, 0.05) is 11.1 Å². The molecule has 0 radical (unpaired) electrons. The maximum Gasteiger partial charge on any atom is 0.270 e. The van der Waals surface area contributed by atoms with Crippen LogP contribution in [0.4, 0.5) is 0 Å². The van der Waals surface area contributed by atoms with Crippen molar-refractivity contribution in [3.63, 3.8) is 0 Å². The van der Waals surface area contributed by atoms with Gasteiger partial charge in [0.05, 0.1) is 25.4 Å². The number of nitrogens with zero attached hydrogens (tertiary/aromatic N) is 2. The number of aromatic nitrogens is 2. The van der Waals surface area contributed by atoms with Gasteiger partial charge in [-0.25, -0.2) is 0 Å². The van der Waals surface area contributed by atoms with Crippen molar-refractivity contribution >= 4 is 5.91 Å². The van der Waals surface area contributed by atoms with Crippen LogP contribution in [0.5, 0.6) is 17.2 Å². The van der Waals surface area contributed by atoms with Crippen molar-refractivity contribution in [1.29, 1.82) is 0 Å². The number of carbonyl (C=O) groups excluding carboxylic acids is 1. The monoisotopic (exact) mass is 405 g/mol. The van der Waals surface area contributed by atoms with Gasteiger partial charge in [0.15, 0.2) is 11.5 Å². The second kappa shape index (κ2) is 7.09. The van der Waals surface area contributed by atoms with Crippen LogP contribution in [0, 0.1) is 0 Å². The average Bonchev–Trinajstić information content (AvgIpc) is 3.44. The van der Waals surface area contributed by atoms with Gasteiger partial charge in [-0.05, 0) is 29.7 Å². The van der Waals surface area contributed by atoms with Gasteiger partial charge in [0.2, 0.25) is 6.79 Å². The molecule has 0 fully saturated rings.